The molecule has 0 saturated carbocycles. The lowest BCUT2D eigenvalue weighted by Crippen LogP contribution is -2.44. The maximum absolute atomic E-state index is 13.6. The average molecular weight is 648 g/mol. The predicted molar refractivity (Wildman–Crippen MR) is 148 cm³/mol. The van der Waals surface area contributed by atoms with Crippen LogP contribution in [-0.4, -0.2) is 52.8 Å². The second-order valence-electron chi connectivity index (χ2n) is 9.16. The van der Waals surface area contributed by atoms with Gasteiger partial charge in [-0.1, -0.05) is 27.5 Å². The molecule has 2 aliphatic heterocycles. The number of aromatic nitrogens is 1. The Bertz CT molecular complexity index is 1530. The van der Waals surface area contributed by atoms with Crippen LogP contribution in [0.1, 0.15) is 72.6 Å². The van der Waals surface area contributed by atoms with Crippen LogP contribution in [0.5, 0.6) is 0 Å². The van der Waals surface area contributed by atoms with Crippen LogP contribution in [0.2, 0.25) is 5.02 Å². The van der Waals surface area contributed by atoms with E-state index >= 15 is 0 Å². The van der Waals surface area contributed by atoms with Crippen molar-refractivity contribution in [3.63, 3.8) is 0 Å². The molecule has 192 valence electrons. The standard InChI is InChI=1S/C27H31Br2ClN4O2/c28-20-12-19-2-1-18-13-21(30)14-22(29)24(18)25(26(19)32-15-20)17-5-9-33(10-6-17)23(35)11-16-3-7-34(8-4-16)27(31)36/h12-17,25H,1-11H2,(H2,31,36)/t25-/m1/s1/i3D2,4D2,7D2,8D2,16D. The number of amides is 3. The molecule has 2 aromatic rings. The second kappa shape index (κ2) is 11.0. The Hall–Kier alpha value is -1.64. The van der Waals surface area contributed by atoms with E-state index in [4.69, 9.17) is 34.7 Å². The molecule has 0 radical (unpaired) electrons. The summed E-state index contributed by atoms with van der Waals surface area (Å²) < 4.78 is 77.5. The molecule has 0 unspecified atom stereocenters. The predicted octanol–water partition coefficient (Wildman–Crippen LogP) is 5.91. The number of primary amides is 1. The third kappa shape index (κ3) is 5.46. The van der Waals surface area contributed by atoms with Crippen molar-refractivity contribution in [1.29, 1.82) is 0 Å². The summed E-state index contributed by atoms with van der Waals surface area (Å²) in [4.78, 5) is 31.5. The molecule has 0 bridgehead atoms. The largest absolute Gasteiger partial charge is 0.351 e. The van der Waals surface area contributed by atoms with Crippen LogP contribution >= 0.6 is 43.5 Å². The fourth-order valence-electron chi connectivity index (χ4n) is 5.28. The maximum atomic E-state index is 13.6. The van der Waals surface area contributed by atoms with Crippen LogP contribution in [0, 0.1) is 11.8 Å². The minimum absolute atomic E-state index is 0.0284. The minimum Gasteiger partial charge on any atom is -0.351 e. The first-order valence-corrected chi connectivity index (χ1v) is 13.6. The topological polar surface area (TPSA) is 79.5 Å². The highest BCUT2D eigenvalue weighted by molar-refractivity contribution is 9.10. The number of hydrogen-bond donors (Lipinski definition) is 1. The van der Waals surface area contributed by atoms with Gasteiger partial charge < -0.3 is 15.5 Å². The lowest BCUT2D eigenvalue weighted by Gasteiger charge is -2.38. The van der Waals surface area contributed by atoms with Crippen LogP contribution < -0.4 is 5.73 Å². The quantitative estimate of drug-likeness (QED) is 0.450. The number of nitrogens with two attached hydrogens (primary N) is 1. The van der Waals surface area contributed by atoms with Crippen LogP contribution in [0.15, 0.2) is 33.3 Å². The Balaban J connectivity index is 1.43. The van der Waals surface area contributed by atoms with Crippen LogP contribution in [-0.2, 0) is 17.6 Å². The van der Waals surface area contributed by atoms with E-state index in [1.165, 1.54) is 4.90 Å². The van der Waals surface area contributed by atoms with E-state index < -0.39 is 50.0 Å². The van der Waals surface area contributed by atoms with Gasteiger partial charge in [0.05, 0.1) is 5.69 Å². The van der Waals surface area contributed by atoms with Gasteiger partial charge in [0.1, 0.15) is 0 Å². The Kier molecular flexibility index (Phi) is 5.21. The number of likely N-dealkylation sites (tertiary alicyclic amines) is 2. The number of carbonyl (C=O) groups excluding carboxylic acids is 2. The normalized spacial score (nSPS) is 31.2. The molecule has 2 saturated heterocycles. The van der Waals surface area contributed by atoms with E-state index in [0.717, 1.165) is 44.2 Å². The van der Waals surface area contributed by atoms with Crippen molar-refractivity contribution in [3.05, 3.63) is 60.7 Å². The molecular weight excluding hydrogens is 608 g/mol. The summed E-state index contributed by atoms with van der Waals surface area (Å²) in [6.07, 6.45) is -3.92. The molecule has 2 fully saturated rings. The van der Waals surface area contributed by atoms with Crippen LogP contribution in [0.3, 0.4) is 0 Å². The molecule has 9 heteroatoms. The van der Waals surface area contributed by atoms with E-state index in [1.54, 1.807) is 6.20 Å². The molecule has 0 spiro atoms. The summed E-state index contributed by atoms with van der Waals surface area (Å²) in [5.41, 5.74) is 9.36. The summed E-state index contributed by atoms with van der Waals surface area (Å²) in [7, 11) is 0. The Morgan fingerprint density at radius 3 is 2.50 bits per heavy atom. The van der Waals surface area contributed by atoms with Gasteiger partial charge in [-0.15, -0.1) is 0 Å². The first-order chi connectivity index (χ1) is 20.7. The van der Waals surface area contributed by atoms with Gasteiger partial charge in [0, 0.05) is 70.9 Å². The number of carbonyl (C=O) groups is 2. The number of aryl methyl sites for hydroxylation is 2. The molecule has 1 aromatic heterocycles. The van der Waals surface area contributed by atoms with Gasteiger partial charge in [0.15, 0.2) is 0 Å². The fraction of sp³-hybridized carbons (Fsp3) is 0.519. The maximum Gasteiger partial charge on any atom is 0.314 e. The first kappa shape index (κ1) is 17.0. The molecule has 3 aliphatic rings. The van der Waals surface area contributed by atoms with Crippen molar-refractivity contribution in [1.82, 2.24) is 14.8 Å². The van der Waals surface area contributed by atoms with E-state index in [1.807, 2.05) is 12.1 Å². The number of fused-ring (bicyclic) bond motifs is 2. The van der Waals surface area contributed by atoms with Crippen LogP contribution in [0.25, 0.3) is 0 Å². The zero-order chi connectivity index (χ0) is 33.5. The molecule has 1 atom stereocenters. The summed E-state index contributed by atoms with van der Waals surface area (Å²) in [6.45, 7) is -6.69. The molecule has 6 nitrogen and oxygen atoms in total. The summed E-state index contributed by atoms with van der Waals surface area (Å²) >= 11 is 13.7. The molecule has 36 heavy (non-hydrogen) atoms. The number of benzene rings is 1. The highest BCUT2D eigenvalue weighted by Gasteiger charge is 2.36. The first-order valence-electron chi connectivity index (χ1n) is 16.2. The number of piperidine rings is 2. The van der Waals surface area contributed by atoms with Crippen molar-refractivity contribution in [3.8, 4) is 0 Å². The zero-order valence-electron chi connectivity index (χ0n) is 28.3. The van der Waals surface area contributed by atoms with E-state index in [0.29, 0.717) is 17.9 Å². The highest BCUT2D eigenvalue weighted by atomic mass is 79.9. The second-order valence-corrected chi connectivity index (χ2v) is 11.4. The number of hydrogen-bond acceptors (Lipinski definition) is 3. The van der Waals surface area contributed by atoms with E-state index in [9.17, 15) is 9.59 Å². The van der Waals surface area contributed by atoms with Crippen molar-refractivity contribution >= 4 is 55.4 Å². The Morgan fingerprint density at radius 1 is 1.11 bits per heavy atom. The molecule has 1 aliphatic carbocycles. The molecule has 2 N–H and O–H groups in total. The Morgan fingerprint density at radius 2 is 1.81 bits per heavy atom. The summed E-state index contributed by atoms with van der Waals surface area (Å²) in [5.74, 6) is -4.17. The van der Waals surface area contributed by atoms with Gasteiger partial charge in [-0.2, -0.15) is 0 Å². The summed E-state index contributed by atoms with van der Waals surface area (Å²) in [5, 5.41) is 0.611. The summed E-state index contributed by atoms with van der Waals surface area (Å²) in [6, 6.07) is 4.15. The molecule has 1 aromatic carbocycles. The molecule has 3 heterocycles. The van der Waals surface area contributed by atoms with Gasteiger partial charge in [-0.05, 0) is 101 Å². The van der Waals surface area contributed by atoms with Crippen molar-refractivity contribution in [2.75, 3.05) is 26.1 Å². The number of halogens is 3. The lowest BCUT2D eigenvalue weighted by atomic mass is 9.76. The van der Waals surface area contributed by atoms with Crippen molar-refractivity contribution in [2.24, 2.45) is 17.5 Å². The molecule has 5 rings (SSSR count). The van der Waals surface area contributed by atoms with Gasteiger partial charge in [-0.25, -0.2) is 4.79 Å². The average Bonchev–Trinajstić information content (AvgIpc) is 3.08. The number of nitrogens with zero attached hydrogens (tertiary/aromatic N) is 3. The fourth-order valence-corrected chi connectivity index (χ4v) is 6.78. The van der Waals surface area contributed by atoms with Gasteiger partial charge in [0.25, 0.3) is 0 Å². The third-order valence-corrected chi connectivity index (χ3v) is 8.27. The number of rotatable bonds is 3. The number of pyridine rings is 1. The molecule has 3 amide bonds. The zero-order valence-corrected chi connectivity index (χ0v) is 23.2. The minimum atomic E-state index is -3.54. The van der Waals surface area contributed by atoms with Gasteiger partial charge in [-0.3, -0.25) is 9.78 Å². The van der Waals surface area contributed by atoms with Gasteiger partial charge in [0.2, 0.25) is 5.91 Å². The van der Waals surface area contributed by atoms with Crippen molar-refractivity contribution in [2.45, 2.75) is 50.8 Å². The lowest BCUT2D eigenvalue weighted by molar-refractivity contribution is -0.134. The number of urea groups is 1. The van der Waals surface area contributed by atoms with Crippen molar-refractivity contribution < 1.29 is 21.9 Å². The Labute approximate surface area is 246 Å². The molecular formula is C27H31Br2ClN4O2. The SMILES string of the molecule is [2H]C1([2H])N(C(N)=O)C([2H])([2H])C([2H])([2H])C([2H])(CC(=O)N2CCC([C@H]3c4ncc(Br)cc4CCc4cc(Cl)cc(Br)c43)CC2)C1([2H])[2H]. The van der Waals surface area contributed by atoms with E-state index in [-0.39, 0.29) is 29.8 Å². The van der Waals surface area contributed by atoms with Gasteiger partial charge >= 0.3 is 6.03 Å². The van der Waals surface area contributed by atoms with Crippen LogP contribution in [0.4, 0.5) is 4.79 Å². The third-order valence-electron chi connectivity index (χ3n) is 6.97. The monoisotopic (exact) mass is 645 g/mol. The highest BCUT2D eigenvalue weighted by Crippen LogP contribution is 2.46. The van der Waals surface area contributed by atoms with E-state index in [2.05, 4.69) is 37.9 Å². The smallest absolute Gasteiger partial charge is 0.314 e.